The molecule has 1 unspecified atom stereocenters. The Morgan fingerprint density at radius 3 is 3.00 bits per heavy atom. The van der Waals surface area contributed by atoms with E-state index in [4.69, 9.17) is 5.11 Å². The molecule has 0 saturated carbocycles. The number of rotatable bonds is 3. The summed E-state index contributed by atoms with van der Waals surface area (Å²) in [5, 5.41) is 12.4. The van der Waals surface area contributed by atoms with Crippen LogP contribution in [0.15, 0.2) is 16.8 Å². The molecule has 86 valence electrons. The summed E-state index contributed by atoms with van der Waals surface area (Å²) in [4.78, 5) is 24.2. The molecular formula is C11H13NO3S. The molecule has 1 amide bonds. The van der Waals surface area contributed by atoms with Gasteiger partial charge in [-0.25, -0.2) is 0 Å². The number of likely N-dealkylation sites (tertiary alicyclic amines) is 1. The lowest BCUT2D eigenvalue weighted by Crippen LogP contribution is -2.28. The Morgan fingerprint density at radius 1 is 1.56 bits per heavy atom. The number of carbonyl (C=O) groups excluding carboxylic acids is 1. The van der Waals surface area contributed by atoms with Gasteiger partial charge in [-0.3, -0.25) is 9.59 Å². The van der Waals surface area contributed by atoms with Gasteiger partial charge >= 0.3 is 5.97 Å². The van der Waals surface area contributed by atoms with E-state index in [9.17, 15) is 9.59 Å². The third-order valence-electron chi connectivity index (χ3n) is 2.80. The van der Waals surface area contributed by atoms with Crippen LogP contribution in [0.25, 0.3) is 0 Å². The number of hydrogen-bond acceptors (Lipinski definition) is 3. The van der Waals surface area contributed by atoms with Crippen LogP contribution in [0.1, 0.15) is 23.2 Å². The Labute approximate surface area is 97.5 Å². The maximum absolute atomic E-state index is 11.9. The Bertz CT molecular complexity index is 388. The highest BCUT2D eigenvalue weighted by atomic mass is 32.1. The van der Waals surface area contributed by atoms with Gasteiger partial charge in [0, 0.05) is 24.9 Å². The van der Waals surface area contributed by atoms with Crippen molar-refractivity contribution in [2.24, 2.45) is 5.92 Å². The largest absolute Gasteiger partial charge is 0.481 e. The van der Waals surface area contributed by atoms with Crippen LogP contribution in [0.2, 0.25) is 0 Å². The van der Waals surface area contributed by atoms with Gasteiger partial charge in [0.1, 0.15) is 0 Å². The highest BCUT2D eigenvalue weighted by Gasteiger charge is 2.28. The summed E-state index contributed by atoms with van der Waals surface area (Å²) in [6.07, 6.45) is 0.954. The molecule has 0 aliphatic carbocycles. The minimum Gasteiger partial charge on any atom is -0.481 e. The maximum atomic E-state index is 11.9. The average molecular weight is 239 g/mol. The fourth-order valence-corrected chi connectivity index (χ4v) is 2.63. The average Bonchev–Trinajstić information content (AvgIpc) is 2.84. The molecule has 1 atom stereocenters. The van der Waals surface area contributed by atoms with Gasteiger partial charge in [-0.1, -0.05) is 0 Å². The van der Waals surface area contributed by atoms with Gasteiger partial charge in [-0.2, -0.15) is 11.3 Å². The number of carboxylic acid groups (broad SMARTS) is 1. The number of aliphatic carboxylic acids is 1. The van der Waals surface area contributed by atoms with E-state index in [2.05, 4.69) is 0 Å². The van der Waals surface area contributed by atoms with Gasteiger partial charge in [0.15, 0.2) is 0 Å². The van der Waals surface area contributed by atoms with Gasteiger partial charge in [-0.15, -0.1) is 0 Å². The second-order valence-electron chi connectivity index (χ2n) is 4.02. The van der Waals surface area contributed by atoms with E-state index in [1.807, 2.05) is 10.8 Å². The van der Waals surface area contributed by atoms with Crippen molar-refractivity contribution in [3.05, 3.63) is 22.4 Å². The molecule has 1 aliphatic heterocycles. The van der Waals surface area contributed by atoms with Crippen molar-refractivity contribution < 1.29 is 14.7 Å². The van der Waals surface area contributed by atoms with Crippen molar-refractivity contribution >= 4 is 23.2 Å². The second-order valence-corrected chi connectivity index (χ2v) is 4.80. The second kappa shape index (κ2) is 4.65. The van der Waals surface area contributed by atoms with E-state index < -0.39 is 5.97 Å². The first kappa shape index (κ1) is 11.1. The normalized spacial score (nSPS) is 20.0. The summed E-state index contributed by atoms with van der Waals surface area (Å²) in [5.74, 6) is -0.649. The highest BCUT2D eigenvalue weighted by Crippen LogP contribution is 2.22. The molecule has 0 radical (unpaired) electrons. The molecule has 2 rings (SSSR count). The van der Waals surface area contributed by atoms with Crippen molar-refractivity contribution in [1.29, 1.82) is 0 Å². The molecule has 1 saturated heterocycles. The van der Waals surface area contributed by atoms with Gasteiger partial charge in [0.2, 0.25) is 0 Å². The van der Waals surface area contributed by atoms with Crippen molar-refractivity contribution in [3.8, 4) is 0 Å². The number of carbonyl (C=O) groups is 2. The summed E-state index contributed by atoms with van der Waals surface area (Å²) in [5.41, 5.74) is 0.709. The molecule has 1 N–H and O–H groups in total. The number of thiophene rings is 1. The molecule has 4 nitrogen and oxygen atoms in total. The van der Waals surface area contributed by atoms with Crippen LogP contribution >= 0.6 is 11.3 Å². The van der Waals surface area contributed by atoms with Crippen LogP contribution < -0.4 is 0 Å². The monoisotopic (exact) mass is 239 g/mol. The van der Waals surface area contributed by atoms with Crippen LogP contribution in [0.3, 0.4) is 0 Å². The molecule has 1 aromatic rings. The Kier molecular flexibility index (Phi) is 3.24. The van der Waals surface area contributed by atoms with Crippen LogP contribution in [-0.4, -0.2) is 35.0 Å². The number of amides is 1. The molecule has 0 aromatic carbocycles. The van der Waals surface area contributed by atoms with Crippen molar-refractivity contribution in [2.75, 3.05) is 13.1 Å². The minimum atomic E-state index is -0.783. The molecular weight excluding hydrogens is 226 g/mol. The van der Waals surface area contributed by atoms with Gasteiger partial charge in [0.25, 0.3) is 5.91 Å². The van der Waals surface area contributed by atoms with E-state index >= 15 is 0 Å². The maximum Gasteiger partial charge on any atom is 0.303 e. The number of carboxylic acids is 1. The fraction of sp³-hybridized carbons (Fsp3) is 0.455. The highest BCUT2D eigenvalue weighted by molar-refractivity contribution is 7.08. The molecule has 0 bridgehead atoms. The summed E-state index contributed by atoms with van der Waals surface area (Å²) < 4.78 is 0. The quantitative estimate of drug-likeness (QED) is 0.873. The third kappa shape index (κ3) is 2.41. The van der Waals surface area contributed by atoms with Crippen LogP contribution in [0.4, 0.5) is 0 Å². The summed E-state index contributed by atoms with van der Waals surface area (Å²) >= 11 is 1.50. The van der Waals surface area contributed by atoms with Crippen LogP contribution in [0.5, 0.6) is 0 Å². The lowest BCUT2D eigenvalue weighted by Gasteiger charge is -2.15. The van der Waals surface area contributed by atoms with E-state index in [-0.39, 0.29) is 18.2 Å². The van der Waals surface area contributed by atoms with E-state index in [0.29, 0.717) is 18.7 Å². The molecule has 1 aliphatic rings. The zero-order chi connectivity index (χ0) is 11.5. The molecule has 1 aromatic heterocycles. The minimum absolute atomic E-state index is 0.0224. The Balaban J connectivity index is 1.94. The zero-order valence-corrected chi connectivity index (χ0v) is 9.57. The lowest BCUT2D eigenvalue weighted by molar-refractivity contribution is -0.138. The molecule has 16 heavy (non-hydrogen) atoms. The third-order valence-corrected chi connectivity index (χ3v) is 3.49. The summed E-state index contributed by atoms with van der Waals surface area (Å²) in [6, 6.07) is 1.80. The van der Waals surface area contributed by atoms with E-state index in [0.717, 1.165) is 6.42 Å². The van der Waals surface area contributed by atoms with Crippen molar-refractivity contribution in [1.82, 2.24) is 4.90 Å². The molecule has 5 heteroatoms. The molecule has 2 heterocycles. The van der Waals surface area contributed by atoms with Crippen molar-refractivity contribution in [3.63, 3.8) is 0 Å². The first-order valence-corrected chi connectivity index (χ1v) is 6.14. The zero-order valence-electron chi connectivity index (χ0n) is 8.76. The van der Waals surface area contributed by atoms with E-state index in [1.165, 1.54) is 11.3 Å². The predicted molar refractivity (Wildman–Crippen MR) is 60.6 cm³/mol. The Hall–Kier alpha value is -1.36. The van der Waals surface area contributed by atoms with E-state index in [1.54, 1.807) is 11.0 Å². The van der Waals surface area contributed by atoms with Gasteiger partial charge in [-0.05, 0) is 23.8 Å². The van der Waals surface area contributed by atoms with Crippen LogP contribution in [0, 0.1) is 5.92 Å². The topological polar surface area (TPSA) is 57.6 Å². The predicted octanol–water partition coefficient (Wildman–Crippen LogP) is 1.68. The molecule has 1 fully saturated rings. The lowest BCUT2D eigenvalue weighted by atomic mass is 10.1. The smallest absolute Gasteiger partial charge is 0.303 e. The van der Waals surface area contributed by atoms with Crippen LogP contribution in [-0.2, 0) is 4.79 Å². The Morgan fingerprint density at radius 2 is 2.38 bits per heavy atom. The standard InChI is InChI=1S/C11H13NO3S/c13-10(14)5-8-1-3-12(6-8)11(15)9-2-4-16-7-9/h2,4,7-8H,1,3,5-6H2,(H,13,14). The van der Waals surface area contributed by atoms with Gasteiger partial charge < -0.3 is 10.0 Å². The first-order valence-electron chi connectivity index (χ1n) is 5.20. The number of hydrogen-bond donors (Lipinski definition) is 1. The molecule has 0 spiro atoms. The SMILES string of the molecule is O=C(O)CC1CCN(C(=O)c2ccsc2)C1. The van der Waals surface area contributed by atoms with Crippen molar-refractivity contribution in [2.45, 2.75) is 12.8 Å². The van der Waals surface area contributed by atoms with Gasteiger partial charge in [0.05, 0.1) is 5.56 Å². The summed E-state index contributed by atoms with van der Waals surface area (Å²) in [7, 11) is 0. The summed E-state index contributed by atoms with van der Waals surface area (Å²) in [6.45, 7) is 1.24. The number of nitrogens with zero attached hydrogens (tertiary/aromatic N) is 1. The fourth-order valence-electron chi connectivity index (χ4n) is 2.00. The first-order chi connectivity index (χ1) is 7.66.